The van der Waals surface area contributed by atoms with Gasteiger partial charge in [-0.05, 0) is 77.7 Å². The minimum Gasteiger partial charge on any atom is -0.481 e. The maximum Gasteiger partial charge on any atom is 0.408 e. The second-order valence-corrected chi connectivity index (χ2v) is 17.8. The Bertz CT molecular complexity index is 1940. The zero-order valence-corrected chi connectivity index (χ0v) is 34.7. The monoisotopic (exact) mass is 807 g/mol. The summed E-state index contributed by atoms with van der Waals surface area (Å²) in [4.78, 5) is 62.9. The molecule has 316 valence electrons. The normalized spacial score (nSPS) is 31.6. The molecule has 1 heterocycles. The number of aliphatic carboxylic acids is 1. The smallest absolute Gasteiger partial charge is 0.408 e. The maximum absolute atomic E-state index is 14.3. The van der Waals surface area contributed by atoms with Gasteiger partial charge in [-0.15, -0.1) is 0 Å². The summed E-state index contributed by atoms with van der Waals surface area (Å²) in [7, 11) is 0. The van der Waals surface area contributed by atoms with Crippen molar-refractivity contribution in [2.75, 3.05) is 6.61 Å². The van der Waals surface area contributed by atoms with Gasteiger partial charge in [0, 0.05) is 18.8 Å². The fraction of sp³-hybridized carbons (Fsp3) is 0.568. The molecule has 14 nitrogen and oxygen atoms in total. The quantitative estimate of drug-likeness (QED) is 0.139. The van der Waals surface area contributed by atoms with Gasteiger partial charge in [0.2, 0.25) is 0 Å². The fourth-order valence-electron chi connectivity index (χ4n) is 9.36. The average molecular weight is 808 g/mol. The van der Waals surface area contributed by atoms with E-state index in [9.17, 15) is 39.3 Å². The van der Waals surface area contributed by atoms with Crippen molar-refractivity contribution in [1.29, 1.82) is 0 Å². The summed E-state index contributed by atoms with van der Waals surface area (Å²) < 4.78 is 23.0. The van der Waals surface area contributed by atoms with Gasteiger partial charge in [-0.25, -0.2) is 9.59 Å². The van der Waals surface area contributed by atoms with Gasteiger partial charge < -0.3 is 44.7 Å². The summed E-state index contributed by atoms with van der Waals surface area (Å²) in [5.41, 5.74) is -3.66. The van der Waals surface area contributed by atoms with Gasteiger partial charge in [-0.2, -0.15) is 0 Å². The number of alkyl carbamates (subject to hydrolysis) is 1. The van der Waals surface area contributed by atoms with Gasteiger partial charge in [0.15, 0.2) is 11.4 Å². The van der Waals surface area contributed by atoms with E-state index >= 15 is 0 Å². The zero-order chi connectivity index (χ0) is 43.2. The number of carbonyl (C=O) groups is 5. The second kappa shape index (κ2) is 16.2. The Morgan fingerprint density at radius 2 is 1.60 bits per heavy atom. The van der Waals surface area contributed by atoms with Crippen LogP contribution < -0.4 is 5.32 Å². The summed E-state index contributed by atoms with van der Waals surface area (Å²) >= 11 is 0. The first kappa shape index (κ1) is 44.5. The Hall–Kier alpha value is -4.63. The molecular formula is C44H57NO13. The zero-order valence-electron chi connectivity index (χ0n) is 34.7. The van der Waals surface area contributed by atoms with E-state index in [1.165, 1.54) is 13.8 Å². The van der Waals surface area contributed by atoms with Gasteiger partial charge >= 0.3 is 24.0 Å². The van der Waals surface area contributed by atoms with Gasteiger partial charge in [0.05, 0.1) is 42.1 Å². The molecule has 2 bridgehead atoms. The third-order valence-corrected chi connectivity index (χ3v) is 12.4. The number of ether oxygens (including phenoxy) is 4. The van der Waals surface area contributed by atoms with E-state index in [1.54, 1.807) is 77.1 Å². The van der Waals surface area contributed by atoms with Crippen molar-refractivity contribution in [2.24, 2.45) is 16.7 Å². The fourth-order valence-corrected chi connectivity index (χ4v) is 9.36. The van der Waals surface area contributed by atoms with Crippen molar-refractivity contribution < 1.29 is 63.3 Å². The molecular weight excluding hydrogens is 750 g/mol. The number of nitrogens with one attached hydrogen (secondary N) is 1. The standard InChI is InChI=1S/C29H36O9.C15H21NO4/c1-15-11-12-29(35)24(37-25(34)17-9-7-6-8-10-17)22-27(5,23(33)21(32)20(15)26(29,3)4)18(31)13-19-28(22,14-36-19)38-16(2)30;1-10-5-7-11(8-6-10)12(9-13(17)18)16-14(19)20-15(2,3)4/h6-10,18-19,21-22,24,31-32,35H,11-14H2,1-5H3;5-8,12H,9H2,1-4H3,(H,16,19)(H,17,18)/t18-,19+,21+,22?,24-,27+,28-,29+;12-/m01/s1. The van der Waals surface area contributed by atoms with E-state index in [2.05, 4.69) is 5.32 Å². The molecule has 3 aliphatic carbocycles. The number of benzene rings is 2. The number of aliphatic hydroxyl groups excluding tert-OH is 2. The second-order valence-electron chi connectivity index (χ2n) is 17.8. The number of Topliss-reactive ketones (excluding diaryl/α,β-unsaturated/α-hetero) is 1. The molecule has 2 aromatic rings. The molecule has 1 amide bonds. The molecule has 14 heteroatoms. The summed E-state index contributed by atoms with van der Waals surface area (Å²) in [6.07, 6.45) is -5.45. The Balaban J connectivity index is 0.000000271. The van der Waals surface area contributed by atoms with Crippen LogP contribution in [0.1, 0.15) is 109 Å². The highest BCUT2D eigenvalue weighted by molar-refractivity contribution is 5.94. The number of hydrogen-bond acceptors (Lipinski definition) is 12. The van der Waals surface area contributed by atoms with Gasteiger partial charge in [-0.1, -0.05) is 67.4 Å². The minimum atomic E-state index is -1.79. The van der Waals surface area contributed by atoms with Crippen LogP contribution in [-0.2, 0) is 33.3 Å². The average Bonchev–Trinajstić information content (AvgIpc) is 3.12. The first-order valence-corrected chi connectivity index (χ1v) is 19.6. The Kier molecular flexibility index (Phi) is 12.4. The highest BCUT2D eigenvalue weighted by atomic mass is 16.6. The minimum absolute atomic E-state index is 0.0298. The van der Waals surface area contributed by atoms with Gasteiger partial charge in [0.25, 0.3) is 0 Å². The Labute approximate surface area is 338 Å². The third kappa shape index (κ3) is 8.16. The van der Waals surface area contributed by atoms with Crippen molar-refractivity contribution in [3.05, 3.63) is 82.4 Å². The lowest BCUT2D eigenvalue weighted by atomic mass is 9.45. The van der Waals surface area contributed by atoms with E-state index in [1.807, 2.05) is 26.0 Å². The molecule has 0 aromatic heterocycles. The van der Waals surface area contributed by atoms with Crippen molar-refractivity contribution in [3.8, 4) is 0 Å². The highest BCUT2D eigenvalue weighted by Gasteiger charge is 2.77. The van der Waals surface area contributed by atoms with E-state index in [4.69, 9.17) is 24.1 Å². The molecule has 58 heavy (non-hydrogen) atoms. The first-order chi connectivity index (χ1) is 26.9. The van der Waals surface area contributed by atoms with Gasteiger partial charge in [0.1, 0.15) is 29.5 Å². The summed E-state index contributed by atoms with van der Waals surface area (Å²) in [5.74, 6) is -4.21. The molecule has 9 atom stereocenters. The predicted octanol–water partition coefficient (Wildman–Crippen LogP) is 5.15. The molecule has 2 aromatic carbocycles. The summed E-state index contributed by atoms with van der Waals surface area (Å²) in [6.45, 7) is 15.1. The van der Waals surface area contributed by atoms with Crippen LogP contribution in [0.2, 0.25) is 0 Å². The third-order valence-electron chi connectivity index (χ3n) is 12.4. The van der Waals surface area contributed by atoms with Crippen molar-refractivity contribution in [3.63, 3.8) is 0 Å². The van der Waals surface area contributed by atoms with Crippen LogP contribution in [0.4, 0.5) is 4.79 Å². The molecule has 5 N–H and O–H groups in total. The molecule has 1 saturated heterocycles. The number of carbonyl (C=O) groups excluding carboxylic acids is 4. The topological polar surface area (TPSA) is 215 Å². The number of carboxylic acids is 1. The molecule has 1 aliphatic heterocycles. The molecule has 4 aliphatic rings. The molecule has 0 radical (unpaired) electrons. The lowest BCUT2D eigenvalue weighted by molar-refractivity contribution is -0.345. The lowest BCUT2D eigenvalue weighted by Gasteiger charge is -2.67. The van der Waals surface area contributed by atoms with Crippen LogP contribution in [0.3, 0.4) is 0 Å². The molecule has 2 saturated carbocycles. The number of aliphatic hydroxyl groups is 3. The lowest BCUT2D eigenvalue weighted by Crippen LogP contribution is -2.81. The van der Waals surface area contributed by atoms with Gasteiger partial charge in [-0.3, -0.25) is 14.4 Å². The number of rotatable bonds is 7. The van der Waals surface area contributed by atoms with Crippen LogP contribution in [0, 0.1) is 23.7 Å². The molecule has 1 unspecified atom stereocenters. The van der Waals surface area contributed by atoms with Crippen LogP contribution in [0.25, 0.3) is 0 Å². The molecule has 3 fully saturated rings. The summed E-state index contributed by atoms with van der Waals surface area (Å²) in [6, 6.07) is 15.0. The maximum atomic E-state index is 14.3. The van der Waals surface area contributed by atoms with Crippen LogP contribution >= 0.6 is 0 Å². The highest BCUT2D eigenvalue weighted by Crippen LogP contribution is 2.63. The van der Waals surface area contributed by atoms with E-state index in [0.717, 1.165) is 16.7 Å². The SMILES string of the molecule is CC(=O)O[C@@]12CO[C@@H]1C[C@H](O)[C@@]1(C)C(=O)[C@H](O)C3=C(C)CC[C@@](O)([C@@H](OC(=O)c4ccccc4)C12)C3(C)C.Cc1ccc([C@@H](CC(=O)O)NC(=O)OC(C)(C)C)cc1. The first-order valence-electron chi connectivity index (χ1n) is 19.6. The number of amides is 1. The predicted molar refractivity (Wildman–Crippen MR) is 209 cm³/mol. The number of allylic oxidation sites excluding steroid dienone is 1. The molecule has 0 spiro atoms. The largest absolute Gasteiger partial charge is 0.481 e. The number of esters is 2. The van der Waals surface area contributed by atoms with E-state index < -0.39 is 93.8 Å². The number of carboxylic acid groups (broad SMARTS) is 1. The van der Waals surface area contributed by atoms with E-state index in [0.29, 0.717) is 12.0 Å². The number of aryl methyl sites for hydroxylation is 1. The van der Waals surface area contributed by atoms with Crippen molar-refractivity contribution >= 4 is 29.8 Å². The number of ketones is 1. The number of fused-ring (bicyclic) bond motifs is 5. The molecule has 6 rings (SSSR count). The Morgan fingerprint density at radius 3 is 2.14 bits per heavy atom. The van der Waals surface area contributed by atoms with E-state index in [-0.39, 0.29) is 31.4 Å². The van der Waals surface area contributed by atoms with Crippen LogP contribution in [0.5, 0.6) is 0 Å². The van der Waals surface area contributed by atoms with Crippen molar-refractivity contribution in [1.82, 2.24) is 5.32 Å². The van der Waals surface area contributed by atoms with Crippen LogP contribution in [-0.4, -0.2) is 98.0 Å². The van der Waals surface area contributed by atoms with Crippen molar-refractivity contribution in [2.45, 2.75) is 135 Å². The van der Waals surface area contributed by atoms with Crippen LogP contribution in [0.15, 0.2) is 65.7 Å². The summed E-state index contributed by atoms with van der Waals surface area (Å²) in [5, 5.41) is 47.2. The number of hydrogen-bond donors (Lipinski definition) is 5. The Morgan fingerprint density at radius 1 is 0.983 bits per heavy atom.